The minimum absolute atomic E-state index is 0. The Morgan fingerprint density at radius 2 is 1.56 bits per heavy atom. The summed E-state index contributed by atoms with van der Waals surface area (Å²) in [7, 11) is 0. The fourth-order valence-corrected chi connectivity index (χ4v) is 2.80. The summed E-state index contributed by atoms with van der Waals surface area (Å²) < 4.78 is 5.64. The Hall–Kier alpha value is -0.0700. The van der Waals surface area contributed by atoms with Crippen LogP contribution in [0.1, 0.15) is 26.3 Å². The lowest BCUT2D eigenvalue weighted by molar-refractivity contribution is -0.0587. The van der Waals surface area contributed by atoms with Crippen LogP contribution in [0, 0.1) is 0 Å². The highest BCUT2D eigenvalue weighted by Crippen LogP contribution is 2.13. The second-order valence-electron chi connectivity index (χ2n) is 7.28. The number of piperazine rings is 1. The summed E-state index contributed by atoms with van der Waals surface area (Å²) in [6, 6.07) is 8.06. The summed E-state index contributed by atoms with van der Waals surface area (Å²) in [5.41, 5.74) is 1.10. The Morgan fingerprint density at radius 1 is 1.04 bits per heavy atom. The monoisotopic (exact) mass is 412 g/mol. The van der Waals surface area contributed by atoms with Crippen LogP contribution in [0.3, 0.4) is 0 Å². The zero-order chi connectivity index (χ0) is 16.9. The van der Waals surface area contributed by atoms with Crippen molar-refractivity contribution in [3.05, 3.63) is 34.9 Å². The third kappa shape index (κ3) is 10.00. The van der Waals surface area contributed by atoms with E-state index in [1.54, 1.807) is 0 Å². The molecule has 0 bridgehead atoms. The number of nitrogens with zero attached hydrogens (tertiary/aromatic N) is 2. The molecular weight excluding hydrogens is 383 g/mol. The summed E-state index contributed by atoms with van der Waals surface area (Å²) in [5.74, 6) is 0. The van der Waals surface area contributed by atoms with Crippen LogP contribution in [-0.2, 0) is 11.3 Å². The first kappa shape index (κ1) is 24.9. The van der Waals surface area contributed by atoms with E-state index in [0.717, 1.165) is 37.7 Å². The molecule has 2 rings (SSSR count). The van der Waals surface area contributed by atoms with Crippen molar-refractivity contribution in [2.24, 2.45) is 0 Å². The molecule has 0 radical (unpaired) electrons. The van der Waals surface area contributed by atoms with Gasteiger partial charge in [-0.15, -0.1) is 24.8 Å². The van der Waals surface area contributed by atoms with E-state index in [1.165, 1.54) is 5.56 Å². The van der Waals surface area contributed by atoms with Gasteiger partial charge < -0.3 is 9.84 Å². The van der Waals surface area contributed by atoms with Gasteiger partial charge in [0.25, 0.3) is 0 Å². The highest BCUT2D eigenvalue weighted by atomic mass is 35.5. The first-order valence-electron chi connectivity index (χ1n) is 8.33. The molecule has 1 aliphatic heterocycles. The summed E-state index contributed by atoms with van der Waals surface area (Å²) in [5, 5.41) is 10.9. The smallest absolute Gasteiger partial charge is 0.0900 e. The van der Waals surface area contributed by atoms with E-state index in [9.17, 15) is 5.11 Å². The van der Waals surface area contributed by atoms with Gasteiger partial charge in [-0.3, -0.25) is 9.80 Å². The van der Waals surface area contributed by atoms with Crippen LogP contribution in [0.5, 0.6) is 0 Å². The van der Waals surface area contributed by atoms with Crippen LogP contribution >= 0.6 is 36.4 Å². The van der Waals surface area contributed by atoms with E-state index in [-0.39, 0.29) is 30.4 Å². The van der Waals surface area contributed by atoms with E-state index in [2.05, 4.69) is 21.9 Å². The number of rotatable bonds is 6. The number of hydrogen-bond donors (Lipinski definition) is 1. The van der Waals surface area contributed by atoms with E-state index < -0.39 is 6.10 Å². The van der Waals surface area contributed by atoms with Crippen LogP contribution in [0.25, 0.3) is 0 Å². The summed E-state index contributed by atoms with van der Waals surface area (Å²) >= 11 is 5.92. The Kier molecular flexibility index (Phi) is 11.6. The summed E-state index contributed by atoms with van der Waals surface area (Å²) in [6.07, 6.45) is -0.419. The standard InChI is InChI=1S/C18H29ClN2O2.2ClH/c1-18(2,3)23-14-17(22)13-21-10-8-20(9-11-21)12-15-4-6-16(19)7-5-15;;/h4-7,17,22H,8-14H2,1-3H3;2*1H. The van der Waals surface area contributed by atoms with Gasteiger partial charge in [-0.1, -0.05) is 23.7 Å². The molecule has 25 heavy (non-hydrogen) atoms. The lowest BCUT2D eigenvalue weighted by Crippen LogP contribution is -2.48. The fraction of sp³-hybridized carbons (Fsp3) is 0.667. The summed E-state index contributed by atoms with van der Waals surface area (Å²) in [6.45, 7) is 12.1. The lowest BCUT2D eigenvalue weighted by Gasteiger charge is -2.36. The van der Waals surface area contributed by atoms with Crippen molar-refractivity contribution in [1.29, 1.82) is 0 Å². The zero-order valence-corrected chi connectivity index (χ0v) is 17.7. The minimum atomic E-state index is -0.419. The number of benzene rings is 1. The maximum Gasteiger partial charge on any atom is 0.0900 e. The molecule has 1 N–H and O–H groups in total. The van der Waals surface area contributed by atoms with Gasteiger partial charge in [0.2, 0.25) is 0 Å². The van der Waals surface area contributed by atoms with Crippen LogP contribution in [0.2, 0.25) is 5.02 Å². The van der Waals surface area contributed by atoms with Gasteiger partial charge in [0.15, 0.2) is 0 Å². The molecule has 1 aliphatic rings. The van der Waals surface area contributed by atoms with Gasteiger partial charge in [0.1, 0.15) is 0 Å². The average molecular weight is 414 g/mol. The molecule has 0 spiro atoms. The van der Waals surface area contributed by atoms with Gasteiger partial charge in [-0.25, -0.2) is 0 Å². The first-order valence-corrected chi connectivity index (χ1v) is 8.71. The third-order valence-electron chi connectivity index (χ3n) is 3.96. The largest absolute Gasteiger partial charge is 0.389 e. The van der Waals surface area contributed by atoms with Gasteiger partial charge in [0.05, 0.1) is 18.3 Å². The van der Waals surface area contributed by atoms with Crippen molar-refractivity contribution in [2.45, 2.75) is 39.0 Å². The molecule has 146 valence electrons. The van der Waals surface area contributed by atoms with Crippen LogP contribution in [0.4, 0.5) is 0 Å². The molecule has 1 fully saturated rings. The number of hydrogen-bond acceptors (Lipinski definition) is 4. The van der Waals surface area contributed by atoms with Crippen molar-refractivity contribution in [3.8, 4) is 0 Å². The number of ether oxygens (including phenoxy) is 1. The Bertz CT molecular complexity index is 472. The van der Waals surface area contributed by atoms with Crippen LogP contribution in [0.15, 0.2) is 24.3 Å². The van der Waals surface area contributed by atoms with Crippen LogP contribution in [-0.4, -0.2) is 65.9 Å². The Balaban J connectivity index is 0.00000288. The number of halogens is 3. The predicted octanol–water partition coefficient (Wildman–Crippen LogP) is 3.48. The third-order valence-corrected chi connectivity index (χ3v) is 4.21. The molecule has 7 heteroatoms. The highest BCUT2D eigenvalue weighted by Gasteiger charge is 2.20. The molecular formula is C18H31Cl3N2O2. The van der Waals surface area contributed by atoms with Gasteiger partial charge in [-0.2, -0.15) is 0 Å². The van der Waals surface area contributed by atoms with E-state index in [1.807, 2.05) is 32.9 Å². The molecule has 1 saturated heterocycles. The lowest BCUT2D eigenvalue weighted by atomic mass is 10.2. The van der Waals surface area contributed by atoms with E-state index >= 15 is 0 Å². The minimum Gasteiger partial charge on any atom is -0.389 e. The fourth-order valence-electron chi connectivity index (χ4n) is 2.67. The normalized spacial score (nSPS) is 17.5. The quantitative estimate of drug-likeness (QED) is 0.774. The van der Waals surface area contributed by atoms with Gasteiger partial charge in [-0.05, 0) is 38.5 Å². The van der Waals surface area contributed by atoms with E-state index in [0.29, 0.717) is 13.2 Å². The Labute approximate surface area is 169 Å². The first-order chi connectivity index (χ1) is 10.8. The highest BCUT2D eigenvalue weighted by molar-refractivity contribution is 6.30. The SMILES string of the molecule is CC(C)(C)OCC(O)CN1CCN(Cc2ccc(Cl)cc2)CC1.Cl.Cl. The van der Waals surface area contributed by atoms with Gasteiger partial charge in [0, 0.05) is 44.3 Å². The van der Waals surface area contributed by atoms with Crippen LogP contribution < -0.4 is 0 Å². The predicted molar refractivity (Wildman–Crippen MR) is 109 cm³/mol. The molecule has 1 heterocycles. The second-order valence-corrected chi connectivity index (χ2v) is 7.72. The van der Waals surface area contributed by atoms with Crippen molar-refractivity contribution in [1.82, 2.24) is 9.80 Å². The molecule has 0 aliphatic carbocycles. The molecule has 4 nitrogen and oxygen atoms in total. The Morgan fingerprint density at radius 3 is 2.08 bits per heavy atom. The summed E-state index contributed by atoms with van der Waals surface area (Å²) in [4.78, 5) is 4.76. The molecule has 1 atom stereocenters. The molecule has 1 unspecified atom stereocenters. The molecule has 1 aromatic rings. The topological polar surface area (TPSA) is 35.9 Å². The maximum atomic E-state index is 10.1. The van der Waals surface area contributed by atoms with Crippen molar-refractivity contribution in [2.75, 3.05) is 39.3 Å². The van der Waals surface area contributed by atoms with E-state index in [4.69, 9.17) is 16.3 Å². The molecule has 0 aromatic heterocycles. The zero-order valence-electron chi connectivity index (χ0n) is 15.3. The maximum absolute atomic E-state index is 10.1. The van der Waals surface area contributed by atoms with Gasteiger partial charge >= 0.3 is 0 Å². The number of aliphatic hydroxyl groups excluding tert-OH is 1. The van der Waals surface area contributed by atoms with Crippen molar-refractivity contribution in [3.63, 3.8) is 0 Å². The molecule has 1 aromatic carbocycles. The second kappa shape index (κ2) is 11.6. The number of β-amino-alcohol motifs (C(OH)–C–C–N with tert-alkyl or cyclic N) is 1. The number of aliphatic hydroxyl groups is 1. The average Bonchev–Trinajstić information content (AvgIpc) is 2.49. The van der Waals surface area contributed by atoms with Crippen molar-refractivity contribution >= 4 is 36.4 Å². The molecule has 0 saturated carbocycles. The van der Waals surface area contributed by atoms with Crippen molar-refractivity contribution < 1.29 is 9.84 Å². The molecule has 0 amide bonds.